The Kier molecular flexibility index (Phi) is 6.78. The molecule has 1 aliphatic carbocycles. The minimum atomic E-state index is -0.897. The first-order chi connectivity index (χ1) is 16.4. The van der Waals surface area contributed by atoms with Crippen LogP contribution >= 0.6 is 11.6 Å². The van der Waals surface area contributed by atoms with E-state index in [9.17, 15) is 14.3 Å². The van der Waals surface area contributed by atoms with E-state index in [0.717, 1.165) is 36.9 Å². The summed E-state index contributed by atoms with van der Waals surface area (Å²) in [5.41, 5.74) is 2.46. The van der Waals surface area contributed by atoms with Gasteiger partial charge in [-0.3, -0.25) is 10.1 Å². The van der Waals surface area contributed by atoms with Crippen molar-refractivity contribution in [3.63, 3.8) is 0 Å². The van der Waals surface area contributed by atoms with Crippen LogP contribution in [0.25, 0.3) is 0 Å². The number of halogens is 3. The maximum Gasteiger partial charge on any atom is 0.320 e. The van der Waals surface area contributed by atoms with Gasteiger partial charge in [-0.25, -0.2) is 8.78 Å². The number of hydrogen-bond acceptors (Lipinski definition) is 4. The van der Waals surface area contributed by atoms with Gasteiger partial charge in [-0.2, -0.15) is 0 Å². The lowest BCUT2D eigenvalue weighted by Crippen LogP contribution is -2.43. The first-order valence-electron chi connectivity index (χ1n) is 12.0. The van der Waals surface area contributed by atoms with Gasteiger partial charge in [0.05, 0.1) is 0 Å². The van der Waals surface area contributed by atoms with E-state index >= 15 is 4.39 Å². The molecule has 3 N–H and O–H groups in total. The first kappa shape index (κ1) is 23.5. The van der Waals surface area contributed by atoms with Crippen molar-refractivity contribution in [1.29, 1.82) is 0 Å². The second kappa shape index (κ2) is 9.80. The van der Waals surface area contributed by atoms with Crippen molar-refractivity contribution in [3.05, 3.63) is 63.7 Å². The highest BCUT2D eigenvalue weighted by atomic mass is 35.5. The number of carboxylic acids is 1. The van der Waals surface area contributed by atoms with Crippen molar-refractivity contribution in [3.8, 4) is 5.75 Å². The average Bonchev–Trinajstić information content (AvgIpc) is 3.51. The topological polar surface area (TPSA) is 70.6 Å². The molecule has 3 fully saturated rings. The molecule has 4 atom stereocenters. The van der Waals surface area contributed by atoms with Gasteiger partial charge in [-0.05, 0) is 86.2 Å². The maximum atomic E-state index is 15.2. The van der Waals surface area contributed by atoms with Crippen LogP contribution in [0, 0.1) is 17.6 Å². The number of benzene rings is 2. The highest BCUT2D eigenvalue weighted by molar-refractivity contribution is 6.31. The Morgan fingerprint density at radius 1 is 1.09 bits per heavy atom. The number of ether oxygens (including phenoxy) is 1. The molecular weight excluding hydrogens is 462 g/mol. The quantitative estimate of drug-likeness (QED) is 0.511. The van der Waals surface area contributed by atoms with Crippen molar-refractivity contribution in [1.82, 2.24) is 10.6 Å². The van der Waals surface area contributed by atoms with Gasteiger partial charge in [0.25, 0.3) is 0 Å². The van der Waals surface area contributed by atoms with E-state index in [4.69, 9.17) is 16.3 Å². The summed E-state index contributed by atoms with van der Waals surface area (Å²) in [6.45, 7) is 1.49. The summed E-state index contributed by atoms with van der Waals surface area (Å²) < 4.78 is 34.9. The lowest BCUT2D eigenvalue weighted by Gasteiger charge is -2.31. The molecule has 4 unspecified atom stereocenters. The normalized spacial score (nSPS) is 27.0. The Morgan fingerprint density at radius 2 is 1.91 bits per heavy atom. The molecule has 34 heavy (non-hydrogen) atoms. The van der Waals surface area contributed by atoms with E-state index in [-0.39, 0.29) is 29.7 Å². The van der Waals surface area contributed by atoms with Gasteiger partial charge in [0.2, 0.25) is 0 Å². The first-order valence-corrected chi connectivity index (χ1v) is 12.4. The summed E-state index contributed by atoms with van der Waals surface area (Å²) in [5, 5.41) is 16.1. The fourth-order valence-corrected chi connectivity index (χ4v) is 5.51. The van der Waals surface area contributed by atoms with Gasteiger partial charge in [0.15, 0.2) is 0 Å². The molecule has 1 saturated carbocycles. The third kappa shape index (κ3) is 5.21. The van der Waals surface area contributed by atoms with Gasteiger partial charge in [-0.15, -0.1) is 0 Å². The fourth-order valence-electron chi connectivity index (χ4n) is 5.26. The highest BCUT2D eigenvalue weighted by Crippen LogP contribution is 2.46. The van der Waals surface area contributed by atoms with Crippen LogP contribution in [0.1, 0.15) is 60.8 Å². The van der Waals surface area contributed by atoms with Crippen LogP contribution in [0.4, 0.5) is 8.78 Å². The van der Waals surface area contributed by atoms with E-state index < -0.39 is 12.0 Å². The van der Waals surface area contributed by atoms with E-state index in [1.807, 2.05) is 6.07 Å². The van der Waals surface area contributed by atoms with E-state index in [2.05, 4.69) is 10.6 Å². The SMILES string of the molecule is O=C(O)C1CCC(c2cc(C3CC3)c(OC3CNCC(Cc4ccc(F)cc4Cl)C3)cc2F)N1. The monoisotopic (exact) mass is 490 g/mol. The largest absolute Gasteiger partial charge is 0.489 e. The van der Waals surface area contributed by atoms with Crippen molar-refractivity contribution in [2.75, 3.05) is 13.1 Å². The Hall–Kier alpha value is -2.22. The standard InChI is InChI=1S/C26H29ClF2N2O3/c27-21-9-17(28)4-3-16(21)7-14-8-18(13-30-12-14)34-25-11-22(29)20(10-19(25)15-1-2-15)23-5-6-24(31-23)26(32)33/h3-4,9-11,14-15,18,23-24,30-31H,1-2,5-8,12-13H2,(H,32,33). The summed E-state index contributed by atoms with van der Waals surface area (Å²) in [6, 6.07) is 6.93. The zero-order valence-corrected chi connectivity index (χ0v) is 19.6. The van der Waals surface area contributed by atoms with Crippen molar-refractivity contribution < 1.29 is 23.4 Å². The zero-order chi connectivity index (χ0) is 23.8. The van der Waals surface area contributed by atoms with Crippen molar-refractivity contribution >= 4 is 17.6 Å². The maximum absolute atomic E-state index is 15.2. The minimum Gasteiger partial charge on any atom is -0.489 e. The lowest BCUT2D eigenvalue weighted by atomic mass is 9.90. The summed E-state index contributed by atoms with van der Waals surface area (Å²) >= 11 is 6.22. The fraction of sp³-hybridized carbons (Fsp3) is 0.500. The Labute approximate surface area is 202 Å². The number of carboxylic acid groups (broad SMARTS) is 1. The number of carbonyl (C=O) groups is 1. The third-order valence-corrected chi connectivity index (χ3v) is 7.54. The molecule has 0 aromatic heterocycles. The molecule has 0 amide bonds. The van der Waals surface area contributed by atoms with Crippen LogP contribution < -0.4 is 15.4 Å². The molecule has 2 heterocycles. The minimum absolute atomic E-state index is 0.110. The number of rotatable bonds is 7. The summed E-state index contributed by atoms with van der Waals surface area (Å²) in [6.07, 6.45) is 4.58. The number of nitrogens with one attached hydrogen (secondary N) is 2. The molecule has 0 spiro atoms. The van der Waals surface area contributed by atoms with Crippen LogP contribution in [-0.4, -0.2) is 36.3 Å². The summed E-state index contributed by atoms with van der Waals surface area (Å²) in [4.78, 5) is 11.3. The molecular formula is C26H29ClF2N2O3. The Bertz CT molecular complexity index is 1080. The summed E-state index contributed by atoms with van der Waals surface area (Å²) in [7, 11) is 0. The predicted molar refractivity (Wildman–Crippen MR) is 125 cm³/mol. The Morgan fingerprint density at radius 3 is 2.62 bits per heavy atom. The molecule has 2 aliphatic heterocycles. The highest BCUT2D eigenvalue weighted by Gasteiger charge is 2.35. The van der Waals surface area contributed by atoms with Crippen LogP contribution in [-0.2, 0) is 11.2 Å². The number of piperidine rings is 1. The molecule has 2 saturated heterocycles. The van der Waals surface area contributed by atoms with E-state index in [1.165, 1.54) is 18.2 Å². The molecule has 2 aromatic rings. The van der Waals surface area contributed by atoms with Gasteiger partial charge in [0, 0.05) is 29.2 Å². The molecule has 2 aromatic carbocycles. The van der Waals surface area contributed by atoms with Gasteiger partial charge >= 0.3 is 5.97 Å². The van der Waals surface area contributed by atoms with Crippen molar-refractivity contribution in [2.45, 2.75) is 62.6 Å². The van der Waals surface area contributed by atoms with Crippen molar-refractivity contribution in [2.24, 2.45) is 5.92 Å². The number of aliphatic carboxylic acids is 1. The van der Waals surface area contributed by atoms with Crippen LogP contribution in [0.5, 0.6) is 5.75 Å². The van der Waals surface area contributed by atoms with Gasteiger partial charge in [0.1, 0.15) is 29.5 Å². The van der Waals surface area contributed by atoms with Crippen LogP contribution in [0.3, 0.4) is 0 Å². The number of hydrogen-bond donors (Lipinski definition) is 3. The molecule has 8 heteroatoms. The zero-order valence-electron chi connectivity index (χ0n) is 18.8. The van der Waals surface area contributed by atoms with Crippen LogP contribution in [0.15, 0.2) is 30.3 Å². The Balaban J connectivity index is 1.30. The molecule has 182 valence electrons. The molecule has 5 nitrogen and oxygen atoms in total. The lowest BCUT2D eigenvalue weighted by molar-refractivity contribution is -0.139. The molecule has 0 radical (unpaired) electrons. The molecule has 5 rings (SSSR count). The molecule has 3 aliphatic rings. The van der Waals surface area contributed by atoms with Gasteiger partial charge in [-0.1, -0.05) is 17.7 Å². The van der Waals surface area contributed by atoms with E-state index in [1.54, 1.807) is 6.07 Å². The molecule has 0 bridgehead atoms. The smallest absolute Gasteiger partial charge is 0.320 e. The van der Waals surface area contributed by atoms with Crippen LogP contribution in [0.2, 0.25) is 5.02 Å². The average molecular weight is 491 g/mol. The second-order valence-corrected chi connectivity index (χ2v) is 10.2. The third-order valence-electron chi connectivity index (χ3n) is 7.18. The summed E-state index contributed by atoms with van der Waals surface area (Å²) in [5.74, 6) is -0.389. The van der Waals surface area contributed by atoms with E-state index in [0.29, 0.717) is 48.1 Å². The van der Waals surface area contributed by atoms with Gasteiger partial charge < -0.3 is 15.2 Å². The second-order valence-electron chi connectivity index (χ2n) is 9.81. The predicted octanol–water partition coefficient (Wildman–Crippen LogP) is 4.97.